The summed E-state index contributed by atoms with van der Waals surface area (Å²) < 4.78 is 10.2. The molecule has 0 spiro atoms. The molecule has 0 aliphatic rings. The molecule has 3 aromatic rings. The third-order valence-corrected chi connectivity index (χ3v) is 11.6. The first-order valence-electron chi connectivity index (χ1n) is 14.7. The van der Waals surface area contributed by atoms with Crippen LogP contribution < -0.4 is 0 Å². The van der Waals surface area contributed by atoms with Crippen LogP contribution in [0.1, 0.15) is 44.5 Å². The highest BCUT2D eigenvalue weighted by Crippen LogP contribution is 2.31. The van der Waals surface area contributed by atoms with Crippen molar-refractivity contribution in [3.05, 3.63) is 131 Å². The van der Waals surface area contributed by atoms with Crippen LogP contribution in [-0.2, 0) is 22.3 Å². The Labute approximate surface area is 256 Å². The molecule has 0 saturated heterocycles. The zero-order valence-corrected chi connectivity index (χ0v) is 28.6. The van der Waals surface area contributed by atoms with Crippen LogP contribution in [-0.4, -0.2) is 30.4 Å². The highest BCUT2D eigenvalue weighted by Gasteiger charge is 2.29. The lowest BCUT2D eigenvalue weighted by molar-refractivity contribution is 0.336. The molecule has 0 aromatic heterocycles. The van der Waals surface area contributed by atoms with Crippen LogP contribution in [0, 0.1) is 23.7 Å². The van der Waals surface area contributed by atoms with Gasteiger partial charge in [0.15, 0.2) is 0 Å². The van der Waals surface area contributed by atoms with Gasteiger partial charge in [-0.25, -0.2) is 0 Å². The Bertz CT molecular complexity index is 1370. The summed E-state index contributed by atoms with van der Waals surface area (Å²) in [5, 5.41) is 0. The highest BCUT2D eigenvalue weighted by atomic mass is 28.3. The average Bonchev–Trinajstić information content (AvgIpc) is 2.94. The third kappa shape index (κ3) is 9.69. The van der Waals surface area contributed by atoms with Crippen LogP contribution in [0.3, 0.4) is 0 Å². The van der Waals surface area contributed by atoms with Crippen LogP contribution in [0.2, 0.25) is 39.3 Å². The predicted octanol–water partition coefficient (Wildman–Crippen LogP) is 9.12. The fraction of sp³-hybridized carbons (Fsp3) is 0.316. The van der Waals surface area contributed by atoms with Gasteiger partial charge >= 0.3 is 0 Å². The molecule has 0 heterocycles. The molecule has 3 rings (SSSR count). The van der Waals surface area contributed by atoms with Gasteiger partial charge in [-0.05, 0) is 71.5 Å². The monoisotopic (exact) mass is 590 g/mol. The van der Waals surface area contributed by atoms with Gasteiger partial charge in [-0.3, -0.25) is 0 Å². The fourth-order valence-corrected chi connectivity index (χ4v) is 8.46. The van der Waals surface area contributed by atoms with E-state index in [4.69, 9.17) is 9.47 Å². The molecule has 0 radical (unpaired) electrons. The Morgan fingerprint density at radius 2 is 0.929 bits per heavy atom. The Balaban J connectivity index is 1.88. The number of hydrogen-bond donors (Lipinski definition) is 0. The van der Waals surface area contributed by atoms with Crippen molar-refractivity contribution in [2.24, 2.45) is 0 Å². The Morgan fingerprint density at radius 1 is 0.571 bits per heavy atom. The van der Waals surface area contributed by atoms with Crippen molar-refractivity contribution in [3.8, 4) is 23.7 Å². The molecule has 0 amide bonds. The molecule has 4 heteroatoms. The van der Waals surface area contributed by atoms with Gasteiger partial charge < -0.3 is 9.47 Å². The molecule has 2 nitrogen and oxygen atoms in total. The van der Waals surface area contributed by atoms with Crippen molar-refractivity contribution in [1.29, 1.82) is 0 Å². The summed E-state index contributed by atoms with van der Waals surface area (Å²) in [4.78, 5) is 0. The zero-order valence-electron chi connectivity index (χ0n) is 26.6. The van der Waals surface area contributed by atoms with Crippen LogP contribution in [0.25, 0.3) is 0 Å². The number of rotatable bonds is 10. The molecule has 0 saturated carbocycles. The van der Waals surface area contributed by atoms with Crippen molar-refractivity contribution in [2.45, 2.75) is 63.2 Å². The van der Waals surface area contributed by atoms with Gasteiger partial charge in [0.2, 0.25) is 0 Å². The van der Waals surface area contributed by atoms with Gasteiger partial charge in [0, 0.05) is 22.2 Å². The van der Waals surface area contributed by atoms with Crippen molar-refractivity contribution in [3.63, 3.8) is 0 Å². The van der Waals surface area contributed by atoms with Gasteiger partial charge in [-0.15, -0.1) is 0 Å². The van der Waals surface area contributed by atoms with Crippen molar-refractivity contribution < 1.29 is 9.47 Å². The largest absolute Gasteiger partial charge is 0.505 e. The van der Waals surface area contributed by atoms with E-state index in [1.807, 2.05) is 0 Å². The molecule has 0 aliphatic heterocycles. The quantitative estimate of drug-likeness (QED) is 0.133. The van der Waals surface area contributed by atoms with E-state index in [2.05, 4.69) is 148 Å². The molecule has 2 atom stereocenters. The van der Waals surface area contributed by atoms with Crippen LogP contribution in [0.15, 0.2) is 97.5 Å². The average molecular weight is 591 g/mol. The third-order valence-electron chi connectivity index (χ3n) is 7.21. The first kappa shape index (κ1) is 32.8. The smallest absolute Gasteiger partial charge is 0.0788 e. The molecule has 2 unspecified atom stereocenters. The number of ether oxygens (including phenoxy) is 2. The lowest BCUT2D eigenvalue weighted by Crippen LogP contribution is -2.30. The van der Waals surface area contributed by atoms with E-state index in [1.165, 1.54) is 22.3 Å². The summed E-state index contributed by atoms with van der Waals surface area (Å²) in [6, 6.07) is 25.8. The summed E-state index contributed by atoms with van der Waals surface area (Å²) in [5.74, 6) is 14.4. The molecule has 0 fully saturated rings. The summed E-state index contributed by atoms with van der Waals surface area (Å²) in [6.07, 6.45) is 9.32. The molecule has 42 heavy (non-hydrogen) atoms. The summed E-state index contributed by atoms with van der Waals surface area (Å²) in [6.45, 7) is 14.4. The molecule has 0 bridgehead atoms. The fourth-order valence-electron chi connectivity index (χ4n) is 5.02. The summed E-state index contributed by atoms with van der Waals surface area (Å²) in [7, 11) is 0.125. The minimum atomic E-state index is -1.62. The van der Waals surface area contributed by atoms with Gasteiger partial charge in [-0.2, -0.15) is 0 Å². The molecular weight excluding hydrogens is 545 g/mol. The number of methoxy groups -OCH3 is 2. The van der Waals surface area contributed by atoms with Gasteiger partial charge in [-0.1, -0.05) is 111 Å². The maximum Gasteiger partial charge on any atom is 0.0788 e. The van der Waals surface area contributed by atoms with Crippen LogP contribution in [0.5, 0.6) is 0 Å². The Morgan fingerprint density at radius 3 is 1.26 bits per heavy atom. The van der Waals surface area contributed by atoms with E-state index >= 15 is 0 Å². The van der Waals surface area contributed by atoms with E-state index < -0.39 is 16.1 Å². The minimum Gasteiger partial charge on any atom is -0.505 e. The van der Waals surface area contributed by atoms with Crippen molar-refractivity contribution in [2.75, 3.05) is 14.2 Å². The van der Waals surface area contributed by atoms with E-state index in [9.17, 15) is 0 Å². The number of benzene rings is 3. The van der Waals surface area contributed by atoms with E-state index in [0.29, 0.717) is 0 Å². The Hall–Kier alpha value is -3.71. The molecular formula is C38H46O2Si2. The summed E-state index contributed by atoms with van der Waals surface area (Å²) >= 11 is 0. The maximum atomic E-state index is 5.12. The van der Waals surface area contributed by atoms with Crippen molar-refractivity contribution in [1.82, 2.24) is 0 Å². The summed E-state index contributed by atoms with van der Waals surface area (Å²) in [5.41, 5.74) is 7.82. The van der Waals surface area contributed by atoms with E-state index in [0.717, 1.165) is 24.0 Å². The van der Waals surface area contributed by atoms with Crippen LogP contribution >= 0.6 is 0 Å². The molecule has 0 N–H and O–H groups in total. The Kier molecular flexibility index (Phi) is 12.1. The van der Waals surface area contributed by atoms with E-state index in [-0.39, 0.29) is 11.1 Å². The van der Waals surface area contributed by atoms with Gasteiger partial charge in [0.05, 0.1) is 42.9 Å². The molecule has 218 valence electrons. The molecule has 3 aromatic carbocycles. The topological polar surface area (TPSA) is 18.5 Å². The number of hydrogen-bond acceptors (Lipinski definition) is 2. The number of allylic oxidation sites excluding steroid dienone is 2. The zero-order chi connectivity index (χ0) is 30.6. The second kappa shape index (κ2) is 15.5. The maximum absolute atomic E-state index is 5.12. The second-order valence-corrected chi connectivity index (χ2v) is 23.4. The standard InChI is InChI=1S/C38H46O2Si2/c1-39-29-13-17-33-15-9-11-19-35(33)37(41(3,4)5)27-25-31-21-23-32(24-22-31)26-28-38(42(6,7)8)36-20-12-10-16-34(36)18-14-30-40-2/h9-16,19-24,29-30,37-38H,17-18H2,1-8H3. The lowest BCUT2D eigenvalue weighted by atomic mass is 10.0. The van der Waals surface area contributed by atoms with E-state index in [1.54, 1.807) is 26.7 Å². The first-order chi connectivity index (χ1) is 20.0. The predicted molar refractivity (Wildman–Crippen MR) is 185 cm³/mol. The lowest BCUT2D eigenvalue weighted by Gasteiger charge is -2.26. The minimum absolute atomic E-state index is 0.236. The van der Waals surface area contributed by atoms with Crippen LogP contribution in [0.4, 0.5) is 0 Å². The molecule has 0 aliphatic carbocycles. The highest BCUT2D eigenvalue weighted by molar-refractivity contribution is 6.78. The van der Waals surface area contributed by atoms with Gasteiger partial charge in [0.25, 0.3) is 0 Å². The van der Waals surface area contributed by atoms with Gasteiger partial charge in [0.1, 0.15) is 0 Å². The first-order valence-corrected chi connectivity index (χ1v) is 21.8. The second-order valence-electron chi connectivity index (χ2n) is 12.7. The van der Waals surface area contributed by atoms with Crippen molar-refractivity contribution >= 4 is 16.1 Å². The SMILES string of the molecule is COC=CCc1ccccc1C(C#Cc1ccc(C#CC(c2ccccc2CC=COC)[Si](C)(C)C)cc1)[Si](C)(C)C. The normalized spacial score (nSPS) is 13.1.